The molecule has 2 rings (SSSR count). The first-order valence-electron chi connectivity index (χ1n) is 6.10. The normalized spacial score (nSPS) is 28.2. The van der Waals surface area contributed by atoms with E-state index in [2.05, 4.69) is 20.8 Å². The SMILES string of the molecule is CC1=C(OC(C)(C)C2(C)CC2)C(O)CC=C1. The van der Waals surface area contributed by atoms with Gasteiger partial charge in [0.05, 0.1) is 0 Å². The van der Waals surface area contributed by atoms with Crippen LogP contribution in [0.5, 0.6) is 0 Å². The van der Waals surface area contributed by atoms with Gasteiger partial charge in [-0.2, -0.15) is 0 Å². The van der Waals surface area contributed by atoms with Crippen molar-refractivity contribution in [2.45, 2.75) is 58.7 Å². The number of ether oxygens (including phenoxy) is 1. The largest absolute Gasteiger partial charge is 0.489 e. The summed E-state index contributed by atoms with van der Waals surface area (Å²) in [7, 11) is 0. The molecule has 2 aliphatic rings. The molecule has 0 bridgehead atoms. The molecule has 1 N–H and O–H groups in total. The van der Waals surface area contributed by atoms with Crippen LogP contribution in [-0.2, 0) is 4.74 Å². The molecule has 1 unspecified atom stereocenters. The predicted molar refractivity (Wildman–Crippen MR) is 65.0 cm³/mol. The molecule has 2 nitrogen and oxygen atoms in total. The summed E-state index contributed by atoms with van der Waals surface area (Å²) >= 11 is 0. The molecule has 0 heterocycles. The standard InChI is InChI=1S/C14H22O2/c1-10-6-5-7-11(15)12(10)16-13(2,3)14(4)8-9-14/h5-6,11,15H,7-9H2,1-4H3. The van der Waals surface area contributed by atoms with E-state index < -0.39 is 6.10 Å². The van der Waals surface area contributed by atoms with Crippen molar-refractivity contribution in [2.24, 2.45) is 5.41 Å². The van der Waals surface area contributed by atoms with Gasteiger partial charge in [-0.3, -0.25) is 0 Å². The van der Waals surface area contributed by atoms with Gasteiger partial charge in [0.15, 0.2) is 0 Å². The third-order valence-electron chi connectivity index (χ3n) is 4.24. The Morgan fingerprint density at radius 1 is 1.44 bits per heavy atom. The molecule has 0 spiro atoms. The first-order chi connectivity index (χ1) is 7.36. The van der Waals surface area contributed by atoms with Crippen LogP contribution in [0.15, 0.2) is 23.5 Å². The average molecular weight is 222 g/mol. The zero-order valence-corrected chi connectivity index (χ0v) is 10.7. The number of hydrogen-bond acceptors (Lipinski definition) is 2. The van der Waals surface area contributed by atoms with Crippen molar-refractivity contribution in [1.82, 2.24) is 0 Å². The minimum atomic E-state index is -0.466. The van der Waals surface area contributed by atoms with Crippen LogP contribution >= 0.6 is 0 Å². The summed E-state index contributed by atoms with van der Waals surface area (Å²) in [5.41, 5.74) is 1.15. The van der Waals surface area contributed by atoms with Gasteiger partial charge in [0.2, 0.25) is 0 Å². The Morgan fingerprint density at radius 3 is 2.56 bits per heavy atom. The lowest BCUT2D eigenvalue weighted by Crippen LogP contribution is -2.36. The number of hydrogen-bond donors (Lipinski definition) is 1. The molecule has 1 fully saturated rings. The van der Waals surface area contributed by atoms with Gasteiger partial charge in [0.25, 0.3) is 0 Å². The predicted octanol–water partition coefficient (Wildman–Crippen LogP) is 3.18. The number of aliphatic hydroxyl groups is 1. The third-order valence-corrected chi connectivity index (χ3v) is 4.24. The van der Waals surface area contributed by atoms with Crippen molar-refractivity contribution in [3.05, 3.63) is 23.5 Å². The molecular formula is C14H22O2. The van der Waals surface area contributed by atoms with Crippen molar-refractivity contribution >= 4 is 0 Å². The Balaban J connectivity index is 2.17. The second kappa shape index (κ2) is 3.63. The van der Waals surface area contributed by atoms with E-state index in [-0.39, 0.29) is 11.0 Å². The number of allylic oxidation sites excluding steroid dienone is 2. The van der Waals surface area contributed by atoms with Crippen molar-refractivity contribution < 1.29 is 9.84 Å². The van der Waals surface area contributed by atoms with E-state index >= 15 is 0 Å². The molecule has 0 aromatic carbocycles. The quantitative estimate of drug-likeness (QED) is 0.794. The average Bonchev–Trinajstić information content (AvgIpc) is 2.92. The van der Waals surface area contributed by atoms with Gasteiger partial charge in [-0.05, 0) is 45.6 Å². The van der Waals surface area contributed by atoms with E-state index in [0.717, 1.165) is 11.3 Å². The van der Waals surface area contributed by atoms with Gasteiger partial charge < -0.3 is 9.84 Å². The molecule has 0 radical (unpaired) electrons. The third kappa shape index (κ3) is 1.91. The highest BCUT2D eigenvalue weighted by Gasteiger charge is 2.52. The lowest BCUT2D eigenvalue weighted by atomic mass is 9.88. The fraction of sp³-hybridized carbons (Fsp3) is 0.714. The molecule has 0 amide bonds. The lowest BCUT2D eigenvalue weighted by molar-refractivity contribution is -0.0501. The van der Waals surface area contributed by atoms with Crippen LogP contribution in [0.4, 0.5) is 0 Å². The van der Waals surface area contributed by atoms with Crippen LogP contribution in [0.3, 0.4) is 0 Å². The molecule has 0 aliphatic heterocycles. The van der Waals surface area contributed by atoms with E-state index in [9.17, 15) is 5.11 Å². The van der Waals surface area contributed by atoms with Crippen LogP contribution < -0.4 is 0 Å². The molecule has 2 heteroatoms. The van der Waals surface area contributed by atoms with Crippen LogP contribution in [0, 0.1) is 5.41 Å². The summed E-state index contributed by atoms with van der Waals surface area (Å²) in [5.74, 6) is 0.764. The second-order valence-corrected chi connectivity index (χ2v) is 5.87. The fourth-order valence-electron chi connectivity index (χ4n) is 2.16. The highest BCUT2D eigenvalue weighted by Crippen LogP contribution is 2.55. The zero-order valence-electron chi connectivity index (χ0n) is 10.7. The van der Waals surface area contributed by atoms with Crippen molar-refractivity contribution in [3.8, 4) is 0 Å². The summed E-state index contributed by atoms with van der Waals surface area (Å²) < 4.78 is 6.11. The summed E-state index contributed by atoms with van der Waals surface area (Å²) in [6.07, 6.45) is 6.67. The van der Waals surface area contributed by atoms with Crippen LogP contribution in [0.1, 0.15) is 47.0 Å². The summed E-state index contributed by atoms with van der Waals surface area (Å²) in [5, 5.41) is 9.95. The minimum Gasteiger partial charge on any atom is -0.489 e. The molecule has 1 saturated carbocycles. The van der Waals surface area contributed by atoms with Gasteiger partial charge in [-0.25, -0.2) is 0 Å². The molecule has 0 aromatic heterocycles. The Kier molecular flexibility index (Phi) is 2.66. The van der Waals surface area contributed by atoms with Crippen LogP contribution in [0.2, 0.25) is 0 Å². The Morgan fingerprint density at radius 2 is 2.06 bits per heavy atom. The molecule has 16 heavy (non-hydrogen) atoms. The van der Waals surface area contributed by atoms with E-state index in [1.807, 2.05) is 19.1 Å². The second-order valence-electron chi connectivity index (χ2n) is 5.87. The maximum atomic E-state index is 9.95. The van der Waals surface area contributed by atoms with Crippen molar-refractivity contribution in [2.75, 3.05) is 0 Å². The van der Waals surface area contributed by atoms with Gasteiger partial charge >= 0.3 is 0 Å². The summed E-state index contributed by atoms with van der Waals surface area (Å²) in [6.45, 7) is 8.52. The molecule has 90 valence electrons. The fourth-order valence-corrected chi connectivity index (χ4v) is 2.16. The van der Waals surface area contributed by atoms with Gasteiger partial charge in [0, 0.05) is 5.41 Å². The first-order valence-corrected chi connectivity index (χ1v) is 6.10. The van der Waals surface area contributed by atoms with Crippen LogP contribution in [-0.4, -0.2) is 16.8 Å². The Bertz CT molecular complexity index is 346. The Labute approximate surface area is 98.0 Å². The zero-order chi connectivity index (χ0) is 12.0. The van der Waals surface area contributed by atoms with Crippen LogP contribution in [0.25, 0.3) is 0 Å². The molecular weight excluding hydrogens is 200 g/mol. The van der Waals surface area contributed by atoms with E-state index in [4.69, 9.17) is 4.74 Å². The highest BCUT2D eigenvalue weighted by molar-refractivity contribution is 5.28. The minimum absolute atomic E-state index is 0.185. The summed E-state index contributed by atoms with van der Waals surface area (Å²) in [4.78, 5) is 0. The maximum absolute atomic E-state index is 9.95. The van der Waals surface area contributed by atoms with Gasteiger partial charge in [-0.15, -0.1) is 0 Å². The molecule has 0 saturated heterocycles. The lowest BCUT2D eigenvalue weighted by Gasteiger charge is -2.36. The van der Waals surface area contributed by atoms with Crippen molar-refractivity contribution in [1.29, 1.82) is 0 Å². The van der Waals surface area contributed by atoms with E-state index in [0.29, 0.717) is 6.42 Å². The molecule has 1 atom stereocenters. The van der Waals surface area contributed by atoms with Crippen molar-refractivity contribution in [3.63, 3.8) is 0 Å². The van der Waals surface area contributed by atoms with E-state index in [1.54, 1.807) is 0 Å². The van der Waals surface area contributed by atoms with Gasteiger partial charge in [0.1, 0.15) is 17.5 Å². The number of rotatable bonds is 3. The summed E-state index contributed by atoms with van der Waals surface area (Å²) in [6, 6.07) is 0. The highest BCUT2D eigenvalue weighted by atomic mass is 16.5. The topological polar surface area (TPSA) is 29.5 Å². The van der Waals surface area contributed by atoms with Gasteiger partial charge in [-0.1, -0.05) is 19.1 Å². The molecule has 0 aromatic rings. The van der Waals surface area contributed by atoms with E-state index in [1.165, 1.54) is 12.8 Å². The monoisotopic (exact) mass is 222 g/mol. The first kappa shape index (κ1) is 11.7. The number of aliphatic hydroxyl groups excluding tert-OH is 1. The smallest absolute Gasteiger partial charge is 0.128 e. The molecule has 2 aliphatic carbocycles. The maximum Gasteiger partial charge on any atom is 0.128 e. The Hall–Kier alpha value is -0.760.